The van der Waals surface area contributed by atoms with Crippen LogP contribution in [0.2, 0.25) is 0 Å². The Bertz CT molecular complexity index is 794. The maximum Gasteiger partial charge on any atom is 0.159 e. The van der Waals surface area contributed by atoms with Crippen LogP contribution in [-0.2, 0) is 17.3 Å². The Morgan fingerprint density at radius 1 is 1.08 bits per heavy atom. The van der Waals surface area contributed by atoms with Gasteiger partial charge in [-0.25, -0.2) is 0 Å². The largest absolute Gasteiger partial charge is 0.357 e. The third-order valence-corrected chi connectivity index (χ3v) is 6.10. The SMILES string of the molecule is CCCc1cc2c(cc1/C(=C/c1ccno1)CC)C(C)(C)CCC2(C)C. The fourth-order valence-corrected chi connectivity index (χ4v) is 4.28. The smallest absolute Gasteiger partial charge is 0.159 e. The van der Waals surface area contributed by atoms with E-state index in [2.05, 4.69) is 64.9 Å². The number of benzene rings is 1. The average Bonchev–Trinajstić information content (AvgIpc) is 3.10. The van der Waals surface area contributed by atoms with Gasteiger partial charge in [-0.3, -0.25) is 0 Å². The van der Waals surface area contributed by atoms with Crippen LogP contribution in [-0.4, -0.2) is 5.16 Å². The highest BCUT2D eigenvalue weighted by atomic mass is 16.5. The van der Waals surface area contributed by atoms with Crippen molar-refractivity contribution in [2.45, 2.75) is 84.5 Å². The number of rotatable bonds is 5. The van der Waals surface area contributed by atoms with Crippen molar-refractivity contribution in [1.82, 2.24) is 5.16 Å². The first-order chi connectivity index (χ1) is 12.3. The molecule has 3 rings (SSSR count). The Labute approximate surface area is 158 Å². The summed E-state index contributed by atoms with van der Waals surface area (Å²) in [5.41, 5.74) is 7.78. The third-order valence-electron chi connectivity index (χ3n) is 6.10. The third kappa shape index (κ3) is 3.51. The van der Waals surface area contributed by atoms with Gasteiger partial charge in [-0.15, -0.1) is 0 Å². The molecule has 1 aliphatic rings. The number of hydrogen-bond donors (Lipinski definition) is 0. The van der Waals surface area contributed by atoms with E-state index in [-0.39, 0.29) is 10.8 Å². The molecule has 0 fully saturated rings. The van der Waals surface area contributed by atoms with E-state index >= 15 is 0 Å². The van der Waals surface area contributed by atoms with Crippen LogP contribution in [0.15, 0.2) is 28.9 Å². The van der Waals surface area contributed by atoms with E-state index in [1.165, 1.54) is 35.1 Å². The lowest BCUT2D eigenvalue weighted by molar-refractivity contribution is 0.331. The molecule has 0 amide bonds. The van der Waals surface area contributed by atoms with Gasteiger partial charge in [0.05, 0.1) is 6.20 Å². The molecule has 0 unspecified atom stereocenters. The lowest BCUT2D eigenvalue weighted by atomic mass is 9.62. The molecule has 0 saturated carbocycles. The fraction of sp³-hybridized carbons (Fsp3) is 0.542. The molecule has 0 bridgehead atoms. The van der Waals surface area contributed by atoms with Crippen LogP contribution in [0.3, 0.4) is 0 Å². The number of aryl methyl sites for hydroxylation is 1. The van der Waals surface area contributed by atoms with E-state index in [1.54, 1.807) is 11.8 Å². The van der Waals surface area contributed by atoms with Crippen LogP contribution in [0.25, 0.3) is 11.6 Å². The van der Waals surface area contributed by atoms with Gasteiger partial charge in [0, 0.05) is 6.07 Å². The summed E-state index contributed by atoms with van der Waals surface area (Å²) >= 11 is 0. The Balaban J connectivity index is 2.21. The van der Waals surface area contributed by atoms with Crippen LogP contribution in [0, 0.1) is 0 Å². The van der Waals surface area contributed by atoms with E-state index in [4.69, 9.17) is 4.52 Å². The zero-order valence-corrected chi connectivity index (χ0v) is 17.3. The predicted molar refractivity (Wildman–Crippen MR) is 110 cm³/mol. The molecule has 1 heterocycles. The molecule has 2 nitrogen and oxygen atoms in total. The lowest BCUT2D eigenvalue weighted by Crippen LogP contribution is -2.34. The summed E-state index contributed by atoms with van der Waals surface area (Å²) < 4.78 is 5.35. The van der Waals surface area contributed by atoms with Gasteiger partial charge >= 0.3 is 0 Å². The topological polar surface area (TPSA) is 26.0 Å². The van der Waals surface area contributed by atoms with Gasteiger partial charge in [-0.2, -0.15) is 0 Å². The van der Waals surface area contributed by atoms with Crippen LogP contribution >= 0.6 is 0 Å². The fourth-order valence-electron chi connectivity index (χ4n) is 4.28. The summed E-state index contributed by atoms with van der Waals surface area (Å²) in [5, 5.41) is 3.85. The minimum Gasteiger partial charge on any atom is -0.357 e. The highest BCUT2D eigenvalue weighted by Crippen LogP contribution is 2.47. The van der Waals surface area contributed by atoms with E-state index in [0.29, 0.717) is 0 Å². The summed E-state index contributed by atoms with van der Waals surface area (Å²) in [6, 6.07) is 6.94. The summed E-state index contributed by atoms with van der Waals surface area (Å²) in [6.45, 7) is 14.1. The molecule has 1 aromatic carbocycles. The number of hydrogen-bond acceptors (Lipinski definition) is 2. The van der Waals surface area contributed by atoms with Crippen molar-refractivity contribution < 1.29 is 4.52 Å². The van der Waals surface area contributed by atoms with Crippen LogP contribution in [0.5, 0.6) is 0 Å². The zero-order valence-electron chi connectivity index (χ0n) is 17.3. The van der Waals surface area contributed by atoms with Crippen molar-refractivity contribution in [3.05, 3.63) is 52.4 Å². The first-order valence-corrected chi connectivity index (χ1v) is 10.1. The van der Waals surface area contributed by atoms with E-state index in [9.17, 15) is 0 Å². The molecule has 26 heavy (non-hydrogen) atoms. The molecule has 2 heteroatoms. The summed E-state index contributed by atoms with van der Waals surface area (Å²) in [6.07, 6.45) is 9.64. The maximum atomic E-state index is 5.35. The second-order valence-electron chi connectivity index (χ2n) is 9.01. The Hall–Kier alpha value is -1.83. The lowest BCUT2D eigenvalue weighted by Gasteiger charge is -2.42. The van der Waals surface area contributed by atoms with Crippen molar-refractivity contribution in [3.8, 4) is 0 Å². The van der Waals surface area contributed by atoms with E-state index in [0.717, 1.165) is 25.0 Å². The number of nitrogens with zero attached hydrogens (tertiary/aromatic N) is 1. The van der Waals surface area contributed by atoms with Crippen molar-refractivity contribution in [3.63, 3.8) is 0 Å². The molecular formula is C24H33NO. The van der Waals surface area contributed by atoms with Gasteiger partial charge < -0.3 is 4.52 Å². The monoisotopic (exact) mass is 351 g/mol. The van der Waals surface area contributed by atoms with Crippen LogP contribution in [0.4, 0.5) is 0 Å². The highest BCUT2D eigenvalue weighted by molar-refractivity contribution is 5.82. The standard InChI is InChI=1S/C24H33NO/c1-7-9-18-15-21-22(24(5,6)12-11-23(21,3)4)16-20(18)17(8-2)14-19-10-13-25-26-19/h10,13-16H,7-9,11-12H2,1-6H3/b17-14+. The molecule has 0 saturated heterocycles. The van der Waals surface area contributed by atoms with Crippen LogP contribution < -0.4 is 0 Å². The summed E-state index contributed by atoms with van der Waals surface area (Å²) in [4.78, 5) is 0. The minimum absolute atomic E-state index is 0.232. The second kappa shape index (κ2) is 7.06. The number of allylic oxidation sites excluding steroid dienone is 1. The molecule has 0 atom stereocenters. The summed E-state index contributed by atoms with van der Waals surface area (Å²) in [5.74, 6) is 0.835. The van der Waals surface area contributed by atoms with E-state index in [1.807, 2.05) is 6.07 Å². The normalized spacial score (nSPS) is 18.6. The molecule has 0 aliphatic heterocycles. The van der Waals surface area contributed by atoms with E-state index < -0.39 is 0 Å². The molecule has 2 aromatic rings. The Morgan fingerprint density at radius 2 is 1.73 bits per heavy atom. The summed E-state index contributed by atoms with van der Waals surface area (Å²) in [7, 11) is 0. The van der Waals surface area contributed by atoms with Crippen molar-refractivity contribution in [2.75, 3.05) is 0 Å². The minimum atomic E-state index is 0.232. The molecule has 1 aromatic heterocycles. The van der Waals surface area contributed by atoms with Gasteiger partial charge in [-0.1, -0.05) is 65.3 Å². The number of aromatic nitrogens is 1. The molecule has 0 radical (unpaired) electrons. The first-order valence-electron chi connectivity index (χ1n) is 10.1. The highest BCUT2D eigenvalue weighted by Gasteiger charge is 2.37. The van der Waals surface area contributed by atoms with Gasteiger partial charge in [0.25, 0.3) is 0 Å². The molecule has 1 aliphatic carbocycles. The van der Waals surface area contributed by atoms with Crippen molar-refractivity contribution in [1.29, 1.82) is 0 Å². The molecule has 0 spiro atoms. The predicted octanol–water partition coefficient (Wildman–Crippen LogP) is 6.93. The van der Waals surface area contributed by atoms with Gasteiger partial charge in [0.1, 0.15) is 0 Å². The zero-order chi connectivity index (χ0) is 18.9. The van der Waals surface area contributed by atoms with Gasteiger partial charge in [0.2, 0.25) is 0 Å². The molecular weight excluding hydrogens is 318 g/mol. The van der Waals surface area contributed by atoms with Gasteiger partial charge in [0.15, 0.2) is 5.76 Å². The maximum absolute atomic E-state index is 5.35. The van der Waals surface area contributed by atoms with Crippen molar-refractivity contribution >= 4 is 11.6 Å². The molecule has 140 valence electrons. The first kappa shape index (κ1) is 18.9. The molecule has 0 N–H and O–H groups in total. The number of fused-ring (bicyclic) bond motifs is 1. The Morgan fingerprint density at radius 3 is 2.27 bits per heavy atom. The van der Waals surface area contributed by atoms with Crippen molar-refractivity contribution in [2.24, 2.45) is 0 Å². The van der Waals surface area contributed by atoms with Gasteiger partial charge in [-0.05, 0) is 70.4 Å². The van der Waals surface area contributed by atoms with Crippen LogP contribution in [0.1, 0.15) is 95.2 Å². The quantitative estimate of drug-likeness (QED) is 0.584. The second-order valence-corrected chi connectivity index (χ2v) is 9.01. The average molecular weight is 352 g/mol. The Kier molecular flexibility index (Phi) is 5.14.